The number of aromatic nitrogens is 1. The van der Waals surface area contributed by atoms with Gasteiger partial charge >= 0.3 is 0 Å². The molecule has 1 saturated heterocycles. The van der Waals surface area contributed by atoms with E-state index in [4.69, 9.17) is 0 Å². The van der Waals surface area contributed by atoms with Gasteiger partial charge in [-0.05, 0) is 38.4 Å². The first-order valence-electron chi connectivity index (χ1n) is 7.57. The van der Waals surface area contributed by atoms with E-state index in [-0.39, 0.29) is 6.04 Å². The summed E-state index contributed by atoms with van der Waals surface area (Å²) in [6, 6.07) is 5.35. The Bertz CT molecular complexity index is 784. The molecule has 1 fully saturated rings. The van der Waals surface area contributed by atoms with Gasteiger partial charge in [-0.3, -0.25) is 4.98 Å². The van der Waals surface area contributed by atoms with Crippen LogP contribution in [0.1, 0.15) is 18.9 Å². The molecule has 1 aromatic carbocycles. The van der Waals surface area contributed by atoms with Crippen LogP contribution < -0.4 is 5.32 Å². The van der Waals surface area contributed by atoms with Crippen molar-refractivity contribution in [3.63, 3.8) is 0 Å². The number of nitrogens with one attached hydrogen (secondary N) is 1. The van der Waals surface area contributed by atoms with Gasteiger partial charge in [0.1, 0.15) is 0 Å². The maximum atomic E-state index is 13.2. The predicted molar refractivity (Wildman–Crippen MR) is 87.3 cm³/mol. The van der Waals surface area contributed by atoms with Crippen LogP contribution in [0.2, 0.25) is 0 Å². The van der Waals surface area contributed by atoms with Crippen molar-refractivity contribution in [2.24, 2.45) is 0 Å². The average molecular weight is 319 g/mol. The second-order valence-corrected chi connectivity index (χ2v) is 7.69. The van der Waals surface area contributed by atoms with Crippen molar-refractivity contribution in [3.05, 3.63) is 36.2 Å². The molecule has 1 N–H and O–H groups in total. The van der Waals surface area contributed by atoms with Crippen LogP contribution in [0.5, 0.6) is 0 Å². The van der Waals surface area contributed by atoms with E-state index in [1.807, 2.05) is 19.9 Å². The fourth-order valence-electron chi connectivity index (χ4n) is 3.06. The van der Waals surface area contributed by atoms with Gasteiger partial charge in [0.25, 0.3) is 0 Å². The highest BCUT2D eigenvalue weighted by atomic mass is 32.2. The Balaban J connectivity index is 2.17. The molecule has 6 heteroatoms. The molecule has 0 bridgehead atoms. The normalized spacial score (nSPS) is 20.9. The largest absolute Gasteiger partial charge is 0.315 e. The minimum atomic E-state index is -3.52. The summed E-state index contributed by atoms with van der Waals surface area (Å²) in [6.07, 6.45) is 4.26. The van der Waals surface area contributed by atoms with Crippen LogP contribution in [0.3, 0.4) is 0 Å². The summed E-state index contributed by atoms with van der Waals surface area (Å²) in [5.74, 6) is 0. The number of benzene rings is 1. The third-order valence-corrected chi connectivity index (χ3v) is 6.24. The molecular formula is C16H21N3O2S. The van der Waals surface area contributed by atoms with E-state index in [1.165, 1.54) is 0 Å². The number of nitrogens with zero attached hydrogens (tertiary/aromatic N) is 2. The van der Waals surface area contributed by atoms with Crippen molar-refractivity contribution in [1.29, 1.82) is 0 Å². The molecule has 118 valence electrons. The number of fused-ring (bicyclic) bond motifs is 1. The van der Waals surface area contributed by atoms with Crippen molar-refractivity contribution in [3.8, 4) is 0 Å². The molecule has 3 rings (SSSR count). The third kappa shape index (κ3) is 2.62. The van der Waals surface area contributed by atoms with Crippen molar-refractivity contribution in [1.82, 2.24) is 14.6 Å². The lowest BCUT2D eigenvalue weighted by Crippen LogP contribution is -2.41. The molecule has 0 unspecified atom stereocenters. The molecule has 0 aliphatic carbocycles. The van der Waals surface area contributed by atoms with Gasteiger partial charge in [0, 0.05) is 42.3 Å². The lowest BCUT2D eigenvalue weighted by molar-refractivity contribution is 0.354. The SMILES string of the molecule is Cc1cncc2cccc(S(=O)(=O)N3CCCNC[C@H]3C)c12. The van der Waals surface area contributed by atoms with Crippen LogP contribution in [-0.4, -0.2) is 43.4 Å². The number of hydrogen-bond donors (Lipinski definition) is 1. The molecule has 0 amide bonds. The molecule has 0 saturated carbocycles. The highest BCUT2D eigenvalue weighted by Gasteiger charge is 2.31. The van der Waals surface area contributed by atoms with Gasteiger partial charge in [0.15, 0.2) is 0 Å². The Hall–Kier alpha value is -1.50. The summed E-state index contributed by atoms with van der Waals surface area (Å²) in [5.41, 5.74) is 0.886. The quantitative estimate of drug-likeness (QED) is 0.918. The molecule has 1 aliphatic heterocycles. The minimum absolute atomic E-state index is 0.0510. The lowest BCUT2D eigenvalue weighted by atomic mass is 10.1. The molecule has 2 heterocycles. The predicted octanol–water partition coefficient (Wildman–Crippen LogP) is 1.92. The highest BCUT2D eigenvalue weighted by Crippen LogP contribution is 2.29. The number of aryl methyl sites for hydroxylation is 1. The van der Waals surface area contributed by atoms with Crippen LogP contribution in [0.25, 0.3) is 10.8 Å². The van der Waals surface area contributed by atoms with Gasteiger partial charge in [0.05, 0.1) is 4.90 Å². The smallest absolute Gasteiger partial charge is 0.243 e. The number of pyridine rings is 1. The maximum absolute atomic E-state index is 13.2. The Morgan fingerprint density at radius 3 is 2.95 bits per heavy atom. The minimum Gasteiger partial charge on any atom is -0.315 e. The fraction of sp³-hybridized carbons (Fsp3) is 0.438. The molecule has 0 spiro atoms. The van der Waals surface area contributed by atoms with Crippen LogP contribution in [0, 0.1) is 6.92 Å². The van der Waals surface area contributed by atoms with Gasteiger partial charge in [-0.2, -0.15) is 4.31 Å². The molecule has 2 aromatic rings. The molecule has 5 nitrogen and oxygen atoms in total. The van der Waals surface area contributed by atoms with Gasteiger partial charge in [-0.25, -0.2) is 8.42 Å². The van der Waals surface area contributed by atoms with Gasteiger partial charge in [0.2, 0.25) is 10.0 Å². The zero-order chi connectivity index (χ0) is 15.7. The van der Waals surface area contributed by atoms with Crippen molar-refractivity contribution < 1.29 is 8.42 Å². The van der Waals surface area contributed by atoms with E-state index in [2.05, 4.69) is 10.3 Å². The van der Waals surface area contributed by atoms with E-state index < -0.39 is 10.0 Å². The maximum Gasteiger partial charge on any atom is 0.243 e. The lowest BCUT2D eigenvalue weighted by Gasteiger charge is -2.26. The van der Waals surface area contributed by atoms with Crippen LogP contribution in [-0.2, 0) is 10.0 Å². The van der Waals surface area contributed by atoms with Gasteiger partial charge in [-0.1, -0.05) is 12.1 Å². The highest BCUT2D eigenvalue weighted by molar-refractivity contribution is 7.89. The van der Waals surface area contributed by atoms with E-state index in [1.54, 1.807) is 28.8 Å². The summed E-state index contributed by atoms with van der Waals surface area (Å²) in [6.45, 7) is 5.95. The van der Waals surface area contributed by atoms with E-state index in [0.717, 1.165) is 29.3 Å². The van der Waals surface area contributed by atoms with Gasteiger partial charge in [-0.15, -0.1) is 0 Å². The summed E-state index contributed by atoms with van der Waals surface area (Å²) < 4.78 is 28.0. The zero-order valence-corrected chi connectivity index (χ0v) is 13.7. The molecule has 1 aromatic heterocycles. The molecule has 0 radical (unpaired) electrons. The standard InChI is InChI=1S/C16H21N3O2S/c1-12-9-18-11-14-5-3-6-15(16(12)14)22(20,21)19-8-4-7-17-10-13(19)2/h3,5-6,9,11,13,17H,4,7-8,10H2,1-2H3/t13-/m1/s1. The van der Waals surface area contributed by atoms with E-state index >= 15 is 0 Å². The second-order valence-electron chi connectivity index (χ2n) is 5.83. The third-order valence-electron chi connectivity index (χ3n) is 4.18. The zero-order valence-electron chi connectivity index (χ0n) is 12.9. The molecule has 1 atom stereocenters. The molecule has 1 aliphatic rings. The summed E-state index contributed by atoms with van der Waals surface area (Å²) in [4.78, 5) is 4.55. The average Bonchev–Trinajstić information content (AvgIpc) is 2.72. The van der Waals surface area contributed by atoms with Crippen molar-refractivity contribution in [2.75, 3.05) is 19.6 Å². The topological polar surface area (TPSA) is 62.3 Å². The first kappa shape index (κ1) is 15.4. The summed E-state index contributed by atoms with van der Waals surface area (Å²) >= 11 is 0. The van der Waals surface area contributed by atoms with Crippen LogP contribution in [0.15, 0.2) is 35.5 Å². The fourth-order valence-corrected chi connectivity index (χ4v) is 5.02. The second kappa shape index (κ2) is 5.95. The van der Waals surface area contributed by atoms with E-state index in [9.17, 15) is 8.42 Å². The molecular weight excluding hydrogens is 298 g/mol. The monoisotopic (exact) mass is 319 g/mol. The van der Waals surface area contributed by atoms with Crippen LogP contribution in [0.4, 0.5) is 0 Å². The number of sulfonamides is 1. The number of hydrogen-bond acceptors (Lipinski definition) is 4. The summed E-state index contributed by atoms with van der Waals surface area (Å²) in [7, 11) is -3.52. The first-order chi connectivity index (χ1) is 10.5. The van der Waals surface area contributed by atoms with E-state index in [0.29, 0.717) is 18.0 Å². The van der Waals surface area contributed by atoms with Gasteiger partial charge < -0.3 is 5.32 Å². The Labute approximate surface area is 131 Å². The first-order valence-corrected chi connectivity index (χ1v) is 9.01. The summed E-state index contributed by atoms with van der Waals surface area (Å²) in [5, 5.41) is 4.93. The van der Waals surface area contributed by atoms with Crippen molar-refractivity contribution >= 4 is 20.8 Å². The molecule has 22 heavy (non-hydrogen) atoms. The number of rotatable bonds is 2. The Kier molecular flexibility index (Phi) is 4.16. The van der Waals surface area contributed by atoms with Crippen molar-refractivity contribution in [2.45, 2.75) is 31.2 Å². The Morgan fingerprint density at radius 1 is 1.32 bits per heavy atom. The Morgan fingerprint density at radius 2 is 2.14 bits per heavy atom. The van der Waals surface area contributed by atoms with Crippen LogP contribution >= 0.6 is 0 Å².